The van der Waals surface area contributed by atoms with Crippen LogP contribution in [0.25, 0.3) is 0 Å². The van der Waals surface area contributed by atoms with Crippen molar-refractivity contribution in [2.75, 3.05) is 7.11 Å². The van der Waals surface area contributed by atoms with E-state index in [4.69, 9.17) is 9.15 Å². The first-order valence-corrected chi connectivity index (χ1v) is 3.30. The standard InChI is InChI=1S/C8H10O3/c1-5-4-7(9)6(2)8(10-3)11-5/h4H,1-3H3. The fraction of sp³-hybridized carbons (Fsp3) is 0.375. The van der Waals surface area contributed by atoms with Crippen molar-refractivity contribution in [3.63, 3.8) is 0 Å². The first-order valence-electron chi connectivity index (χ1n) is 3.30. The number of aryl methyl sites for hydroxylation is 1. The van der Waals surface area contributed by atoms with E-state index in [-0.39, 0.29) is 5.43 Å². The van der Waals surface area contributed by atoms with Gasteiger partial charge in [0, 0.05) is 6.07 Å². The number of ether oxygens (including phenoxy) is 1. The lowest BCUT2D eigenvalue weighted by molar-refractivity contribution is 0.285. The molecular weight excluding hydrogens is 144 g/mol. The molecule has 3 nitrogen and oxygen atoms in total. The van der Waals surface area contributed by atoms with E-state index < -0.39 is 0 Å². The first-order chi connectivity index (χ1) is 5.15. The van der Waals surface area contributed by atoms with Gasteiger partial charge in [0.05, 0.1) is 12.7 Å². The summed E-state index contributed by atoms with van der Waals surface area (Å²) in [5.74, 6) is 0.868. The minimum Gasteiger partial charge on any atom is -0.468 e. The molecule has 0 unspecified atom stereocenters. The van der Waals surface area contributed by atoms with Gasteiger partial charge in [-0.25, -0.2) is 0 Å². The van der Waals surface area contributed by atoms with Gasteiger partial charge in [-0.3, -0.25) is 4.79 Å². The molecule has 0 saturated carbocycles. The van der Waals surface area contributed by atoms with Crippen molar-refractivity contribution in [1.29, 1.82) is 0 Å². The van der Waals surface area contributed by atoms with E-state index in [1.807, 2.05) is 0 Å². The van der Waals surface area contributed by atoms with Crippen molar-refractivity contribution < 1.29 is 9.15 Å². The van der Waals surface area contributed by atoms with Crippen molar-refractivity contribution in [2.45, 2.75) is 13.8 Å². The maximum Gasteiger partial charge on any atom is 0.291 e. The third-order valence-electron chi connectivity index (χ3n) is 1.45. The zero-order valence-electron chi connectivity index (χ0n) is 6.80. The van der Waals surface area contributed by atoms with Crippen LogP contribution in [0, 0.1) is 13.8 Å². The lowest BCUT2D eigenvalue weighted by Crippen LogP contribution is -2.05. The zero-order chi connectivity index (χ0) is 8.43. The number of rotatable bonds is 1. The molecule has 11 heavy (non-hydrogen) atoms. The number of hydrogen-bond donors (Lipinski definition) is 0. The fourth-order valence-electron chi connectivity index (χ4n) is 0.840. The topological polar surface area (TPSA) is 39.4 Å². The Morgan fingerprint density at radius 2 is 2.09 bits per heavy atom. The van der Waals surface area contributed by atoms with E-state index in [2.05, 4.69) is 0 Å². The van der Waals surface area contributed by atoms with Gasteiger partial charge in [-0.15, -0.1) is 0 Å². The van der Waals surface area contributed by atoms with Gasteiger partial charge in [-0.05, 0) is 13.8 Å². The maximum absolute atomic E-state index is 11.1. The van der Waals surface area contributed by atoms with E-state index in [1.54, 1.807) is 13.8 Å². The summed E-state index contributed by atoms with van der Waals surface area (Å²) in [4.78, 5) is 11.1. The van der Waals surface area contributed by atoms with Gasteiger partial charge in [0.2, 0.25) is 0 Å². The molecule has 1 aromatic heterocycles. The van der Waals surface area contributed by atoms with Gasteiger partial charge in [-0.2, -0.15) is 0 Å². The molecule has 0 fully saturated rings. The summed E-state index contributed by atoms with van der Waals surface area (Å²) in [6.07, 6.45) is 0. The van der Waals surface area contributed by atoms with E-state index in [1.165, 1.54) is 13.2 Å². The average molecular weight is 154 g/mol. The normalized spacial score (nSPS) is 9.73. The Kier molecular flexibility index (Phi) is 1.98. The van der Waals surface area contributed by atoms with Crippen LogP contribution in [-0.4, -0.2) is 7.11 Å². The van der Waals surface area contributed by atoms with Crippen molar-refractivity contribution in [1.82, 2.24) is 0 Å². The second kappa shape index (κ2) is 2.78. The van der Waals surface area contributed by atoms with Crippen LogP contribution >= 0.6 is 0 Å². The summed E-state index contributed by atoms with van der Waals surface area (Å²) in [5.41, 5.74) is 0.462. The van der Waals surface area contributed by atoms with Gasteiger partial charge in [0.25, 0.3) is 5.95 Å². The van der Waals surface area contributed by atoms with E-state index >= 15 is 0 Å². The summed E-state index contributed by atoms with van der Waals surface area (Å²) in [5, 5.41) is 0. The molecule has 0 spiro atoms. The third kappa shape index (κ3) is 1.42. The molecule has 0 saturated heterocycles. The second-order valence-electron chi connectivity index (χ2n) is 2.34. The Morgan fingerprint density at radius 3 is 2.64 bits per heavy atom. The molecule has 1 aromatic rings. The first kappa shape index (κ1) is 7.85. The summed E-state index contributed by atoms with van der Waals surface area (Å²) < 4.78 is 9.96. The highest BCUT2D eigenvalue weighted by Gasteiger charge is 2.04. The molecule has 1 heterocycles. The smallest absolute Gasteiger partial charge is 0.291 e. The summed E-state index contributed by atoms with van der Waals surface area (Å²) in [6.45, 7) is 3.38. The van der Waals surface area contributed by atoms with Crippen molar-refractivity contribution in [3.8, 4) is 5.95 Å². The molecule has 0 aliphatic heterocycles. The Morgan fingerprint density at radius 1 is 1.45 bits per heavy atom. The van der Waals surface area contributed by atoms with Crippen LogP contribution < -0.4 is 10.2 Å². The van der Waals surface area contributed by atoms with Crippen LogP contribution in [0.4, 0.5) is 0 Å². The molecule has 60 valence electrons. The Balaban J connectivity index is 3.36. The van der Waals surface area contributed by atoms with Crippen molar-refractivity contribution in [2.24, 2.45) is 0 Å². The zero-order valence-corrected chi connectivity index (χ0v) is 6.80. The average Bonchev–Trinajstić information content (AvgIpc) is 1.96. The van der Waals surface area contributed by atoms with Crippen LogP contribution in [-0.2, 0) is 0 Å². The fourth-order valence-corrected chi connectivity index (χ4v) is 0.840. The van der Waals surface area contributed by atoms with Crippen LogP contribution in [0.15, 0.2) is 15.3 Å². The lowest BCUT2D eigenvalue weighted by atomic mass is 10.3. The predicted molar refractivity (Wildman–Crippen MR) is 41.0 cm³/mol. The summed E-state index contributed by atoms with van der Waals surface area (Å²) in [6, 6.07) is 1.44. The highest BCUT2D eigenvalue weighted by molar-refractivity contribution is 5.22. The van der Waals surface area contributed by atoms with Crippen LogP contribution in [0.3, 0.4) is 0 Å². The summed E-state index contributed by atoms with van der Waals surface area (Å²) in [7, 11) is 1.48. The molecule has 3 heteroatoms. The van der Waals surface area contributed by atoms with Crippen molar-refractivity contribution >= 4 is 0 Å². The molecular formula is C8H10O3. The Labute approximate surface area is 64.6 Å². The maximum atomic E-state index is 11.1. The molecule has 0 aliphatic carbocycles. The third-order valence-corrected chi connectivity index (χ3v) is 1.45. The molecule has 0 aromatic carbocycles. The predicted octanol–water partition coefficient (Wildman–Crippen LogP) is 1.27. The molecule has 0 atom stereocenters. The number of methoxy groups -OCH3 is 1. The number of hydrogen-bond acceptors (Lipinski definition) is 3. The molecule has 0 radical (unpaired) electrons. The largest absolute Gasteiger partial charge is 0.468 e. The van der Waals surface area contributed by atoms with E-state index in [0.717, 1.165) is 0 Å². The molecule has 0 N–H and O–H groups in total. The minimum atomic E-state index is -0.0504. The van der Waals surface area contributed by atoms with Gasteiger partial charge >= 0.3 is 0 Å². The highest BCUT2D eigenvalue weighted by Crippen LogP contribution is 2.13. The quantitative estimate of drug-likeness (QED) is 0.611. The van der Waals surface area contributed by atoms with Gasteiger partial charge < -0.3 is 9.15 Å². The molecule has 0 aliphatic rings. The van der Waals surface area contributed by atoms with E-state index in [0.29, 0.717) is 17.3 Å². The van der Waals surface area contributed by atoms with Gasteiger partial charge in [0.1, 0.15) is 5.76 Å². The molecule has 0 amide bonds. The van der Waals surface area contributed by atoms with Gasteiger partial charge in [-0.1, -0.05) is 0 Å². The summed E-state index contributed by atoms with van der Waals surface area (Å²) >= 11 is 0. The Hall–Kier alpha value is -1.25. The second-order valence-corrected chi connectivity index (χ2v) is 2.34. The van der Waals surface area contributed by atoms with Crippen LogP contribution in [0.2, 0.25) is 0 Å². The SMILES string of the molecule is COc1oc(C)cc(=O)c1C. The van der Waals surface area contributed by atoms with Crippen LogP contribution in [0.1, 0.15) is 11.3 Å². The molecule has 1 rings (SSSR count). The van der Waals surface area contributed by atoms with Crippen molar-refractivity contribution in [3.05, 3.63) is 27.6 Å². The Bertz CT molecular complexity index is 312. The highest BCUT2D eigenvalue weighted by atomic mass is 16.6. The monoisotopic (exact) mass is 154 g/mol. The lowest BCUT2D eigenvalue weighted by Gasteiger charge is -2.01. The minimum absolute atomic E-state index is 0.0504. The van der Waals surface area contributed by atoms with Crippen LogP contribution in [0.5, 0.6) is 5.95 Å². The van der Waals surface area contributed by atoms with Gasteiger partial charge in [0.15, 0.2) is 5.43 Å². The molecule has 0 bridgehead atoms. The van der Waals surface area contributed by atoms with E-state index in [9.17, 15) is 4.79 Å².